The van der Waals surface area contributed by atoms with E-state index in [9.17, 15) is 0 Å². The molecule has 0 saturated carbocycles. The van der Waals surface area contributed by atoms with Gasteiger partial charge in [0.25, 0.3) is 0 Å². The molecule has 1 fully saturated rings. The molecule has 0 aromatic rings. The van der Waals surface area contributed by atoms with Crippen LogP contribution in [0.3, 0.4) is 0 Å². The van der Waals surface area contributed by atoms with Gasteiger partial charge in [0.15, 0.2) is 6.29 Å². The van der Waals surface area contributed by atoms with Gasteiger partial charge in [0.05, 0.1) is 13.2 Å². The fourth-order valence-corrected chi connectivity index (χ4v) is 0.728. The molecule has 0 aromatic carbocycles. The van der Waals surface area contributed by atoms with Gasteiger partial charge in [-0.25, -0.2) is 0 Å². The predicted molar refractivity (Wildman–Crippen MR) is 34.8 cm³/mol. The van der Waals surface area contributed by atoms with Crippen molar-refractivity contribution in [1.29, 1.82) is 0 Å². The van der Waals surface area contributed by atoms with Gasteiger partial charge in [-0.15, -0.1) is 6.58 Å². The van der Waals surface area contributed by atoms with Gasteiger partial charge < -0.3 is 9.47 Å². The fraction of sp³-hybridized carbons (Fsp3) is 0.571. The number of ether oxygens (including phenoxy) is 2. The zero-order chi connectivity index (χ0) is 6.53. The molecule has 1 aliphatic heterocycles. The Hall–Kier alpha value is -0.340. The molecule has 2 nitrogen and oxygen atoms in total. The quantitative estimate of drug-likeness (QED) is 0.553. The second-order valence-corrected chi connectivity index (χ2v) is 1.89. The van der Waals surface area contributed by atoms with Gasteiger partial charge in [-0.2, -0.15) is 0 Å². The molecule has 0 spiro atoms. The molecule has 0 amide bonds. The average molecular weight is 127 g/mol. The molecular formula is C7H11O2. The smallest absolute Gasteiger partial charge is 0.164 e. The van der Waals surface area contributed by atoms with Crippen molar-refractivity contribution in [2.75, 3.05) is 13.2 Å². The highest BCUT2D eigenvalue weighted by atomic mass is 16.7. The van der Waals surface area contributed by atoms with Crippen LogP contribution in [0.1, 0.15) is 6.42 Å². The van der Waals surface area contributed by atoms with Gasteiger partial charge in [-0.05, 0) is 6.42 Å². The third kappa shape index (κ3) is 2.16. The first-order chi connectivity index (χ1) is 4.43. The third-order valence-corrected chi connectivity index (χ3v) is 1.15. The van der Waals surface area contributed by atoms with Crippen LogP contribution >= 0.6 is 0 Å². The average Bonchev–Trinajstić information content (AvgIpc) is 1.91. The highest BCUT2D eigenvalue weighted by molar-refractivity contribution is 4.90. The molecule has 1 heterocycles. The molecule has 51 valence electrons. The summed E-state index contributed by atoms with van der Waals surface area (Å²) in [4.78, 5) is 0. The molecule has 0 atom stereocenters. The van der Waals surface area contributed by atoms with E-state index in [0.717, 1.165) is 19.6 Å². The van der Waals surface area contributed by atoms with Gasteiger partial charge >= 0.3 is 0 Å². The van der Waals surface area contributed by atoms with Gasteiger partial charge in [-0.1, -0.05) is 6.08 Å². The zero-order valence-electron chi connectivity index (χ0n) is 5.38. The normalized spacial score (nSPS) is 21.8. The molecule has 2 heteroatoms. The van der Waals surface area contributed by atoms with Crippen molar-refractivity contribution in [2.45, 2.75) is 12.7 Å². The summed E-state index contributed by atoms with van der Waals surface area (Å²) in [6, 6.07) is 0. The van der Waals surface area contributed by atoms with Crippen molar-refractivity contribution < 1.29 is 9.47 Å². The first kappa shape index (κ1) is 6.78. The third-order valence-electron chi connectivity index (χ3n) is 1.15. The Morgan fingerprint density at radius 2 is 2.00 bits per heavy atom. The first-order valence-electron chi connectivity index (χ1n) is 3.12. The minimum absolute atomic E-state index is 0.142. The van der Waals surface area contributed by atoms with Gasteiger partial charge in [-0.3, -0.25) is 0 Å². The first-order valence-corrected chi connectivity index (χ1v) is 3.12. The van der Waals surface area contributed by atoms with Crippen molar-refractivity contribution >= 4 is 0 Å². The summed E-state index contributed by atoms with van der Waals surface area (Å²) < 4.78 is 10.3. The second-order valence-electron chi connectivity index (χ2n) is 1.89. The Bertz CT molecular complexity index is 84.9. The maximum absolute atomic E-state index is 5.17. The van der Waals surface area contributed by atoms with Gasteiger partial charge in [0.1, 0.15) is 0 Å². The summed E-state index contributed by atoms with van der Waals surface area (Å²) in [7, 11) is 0. The maximum atomic E-state index is 5.17. The largest absolute Gasteiger partial charge is 0.352 e. The van der Waals surface area contributed by atoms with E-state index in [2.05, 4.69) is 6.58 Å². The molecule has 1 radical (unpaired) electrons. The minimum Gasteiger partial charge on any atom is -0.352 e. The summed E-state index contributed by atoms with van der Waals surface area (Å²) >= 11 is 0. The Kier molecular flexibility index (Phi) is 2.74. The van der Waals surface area contributed by atoms with Gasteiger partial charge in [0, 0.05) is 6.42 Å². The standard InChI is InChI=1S/C7H11O2/c1-2-4-7-8-5-3-6-9-7/h2,4,7H,1,3,5-6H2. The van der Waals surface area contributed by atoms with Crippen LogP contribution in [0.2, 0.25) is 0 Å². The lowest BCUT2D eigenvalue weighted by molar-refractivity contribution is -0.156. The Labute approximate surface area is 55.5 Å². The van der Waals surface area contributed by atoms with Crippen LogP contribution in [0.15, 0.2) is 12.7 Å². The van der Waals surface area contributed by atoms with Crippen molar-refractivity contribution in [2.24, 2.45) is 0 Å². The van der Waals surface area contributed by atoms with Crippen LogP contribution < -0.4 is 0 Å². The highest BCUT2D eigenvalue weighted by Gasteiger charge is 2.11. The lowest BCUT2D eigenvalue weighted by atomic mass is 10.4. The van der Waals surface area contributed by atoms with Crippen LogP contribution in [0, 0.1) is 6.42 Å². The molecule has 1 saturated heterocycles. The number of rotatable bonds is 2. The van der Waals surface area contributed by atoms with Crippen molar-refractivity contribution in [3.63, 3.8) is 0 Å². The minimum atomic E-state index is -0.142. The topological polar surface area (TPSA) is 18.5 Å². The molecule has 0 N–H and O–H groups in total. The molecule has 0 aromatic heterocycles. The van der Waals surface area contributed by atoms with E-state index in [1.54, 1.807) is 12.5 Å². The molecule has 1 rings (SSSR count). The number of hydrogen-bond acceptors (Lipinski definition) is 2. The zero-order valence-corrected chi connectivity index (χ0v) is 5.38. The summed E-state index contributed by atoms with van der Waals surface area (Å²) in [6.07, 6.45) is 4.35. The van der Waals surface area contributed by atoms with E-state index in [0.29, 0.717) is 0 Å². The maximum Gasteiger partial charge on any atom is 0.164 e. The molecule has 9 heavy (non-hydrogen) atoms. The number of hydrogen-bond donors (Lipinski definition) is 0. The van der Waals surface area contributed by atoms with E-state index >= 15 is 0 Å². The van der Waals surface area contributed by atoms with Crippen molar-refractivity contribution in [1.82, 2.24) is 0 Å². The Morgan fingerprint density at radius 3 is 2.56 bits per heavy atom. The van der Waals surface area contributed by atoms with Crippen LogP contribution in [0.5, 0.6) is 0 Å². The second kappa shape index (κ2) is 3.64. The van der Waals surface area contributed by atoms with Crippen LogP contribution in [-0.2, 0) is 9.47 Å². The van der Waals surface area contributed by atoms with E-state index in [1.165, 1.54) is 0 Å². The monoisotopic (exact) mass is 127 g/mol. The predicted octanol–water partition coefficient (Wildman–Crippen LogP) is 1.14. The molecule has 0 bridgehead atoms. The molecule has 1 aliphatic rings. The lowest BCUT2D eigenvalue weighted by Gasteiger charge is -2.21. The summed E-state index contributed by atoms with van der Waals surface area (Å²) in [5, 5.41) is 0. The summed E-state index contributed by atoms with van der Waals surface area (Å²) in [5.74, 6) is 0. The van der Waals surface area contributed by atoms with Gasteiger partial charge in [0.2, 0.25) is 0 Å². The summed E-state index contributed by atoms with van der Waals surface area (Å²) in [5.41, 5.74) is 0. The molecular weight excluding hydrogens is 116 g/mol. The van der Waals surface area contributed by atoms with E-state index in [1.807, 2.05) is 0 Å². The lowest BCUT2D eigenvalue weighted by Crippen LogP contribution is -2.24. The summed E-state index contributed by atoms with van der Waals surface area (Å²) in [6.45, 7) is 5.14. The van der Waals surface area contributed by atoms with Crippen LogP contribution in [-0.4, -0.2) is 19.5 Å². The fourth-order valence-electron chi connectivity index (χ4n) is 0.728. The van der Waals surface area contributed by atoms with E-state index in [4.69, 9.17) is 9.47 Å². The van der Waals surface area contributed by atoms with E-state index < -0.39 is 0 Å². The molecule has 0 unspecified atom stereocenters. The molecule has 0 aliphatic carbocycles. The Morgan fingerprint density at radius 1 is 1.33 bits per heavy atom. The SMILES string of the molecule is C=C[CH]C1OCCCO1. The Balaban J connectivity index is 2.15. The van der Waals surface area contributed by atoms with Crippen LogP contribution in [0.4, 0.5) is 0 Å². The van der Waals surface area contributed by atoms with Crippen molar-refractivity contribution in [3.05, 3.63) is 19.1 Å². The van der Waals surface area contributed by atoms with E-state index in [-0.39, 0.29) is 6.29 Å². The highest BCUT2D eigenvalue weighted by Crippen LogP contribution is 2.06. The van der Waals surface area contributed by atoms with Crippen LogP contribution in [0.25, 0.3) is 0 Å². The van der Waals surface area contributed by atoms with Crippen molar-refractivity contribution in [3.8, 4) is 0 Å².